The van der Waals surface area contributed by atoms with E-state index in [1.165, 1.54) is 10.5 Å². The minimum Gasteiger partial charge on any atom is -0.383 e. The summed E-state index contributed by atoms with van der Waals surface area (Å²) in [5.41, 5.74) is 1.06. The molecule has 3 aliphatic heterocycles. The highest BCUT2D eigenvalue weighted by Gasteiger charge is 2.50. The molecule has 8 nitrogen and oxygen atoms in total. The van der Waals surface area contributed by atoms with Gasteiger partial charge in [0.05, 0.1) is 23.5 Å². The van der Waals surface area contributed by atoms with Gasteiger partial charge < -0.3 is 10.0 Å². The number of likely N-dealkylation sites (tertiary alicyclic amines) is 1. The second kappa shape index (κ2) is 8.69. The van der Waals surface area contributed by atoms with E-state index in [-0.39, 0.29) is 24.8 Å². The molecule has 2 fully saturated rings. The number of imide groups is 1. The summed E-state index contributed by atoms with van der Waals surface area (Å²) in [5.74, 6) is -1.03. The Morgan fingerprint density at radius 3 is 2.57 bits per heavy atom. The summed E-state index contributed by atoms with van der Waals surface area (Å²) in [6.07, 6.45) is 1.01. The normalized spacial score (nSPS) is 26.6. The van der Waals surface area contributed by atoms with Crippen LogP contribution in [0, 0.1) is 5.41 Å². The van der Waals surface area contributed by atoms with Gasteiger partial charge in [-0.15, -0.1) is 0 Å². The molecule has 2 aromatic rings. The van der Waals surface area contributed by atoms with Gasteiger partial charge in [-0.1, -0.05) is 37.6 Å². The van der Waals surface area contributed by atoms with Gasteiger partial charge in [0, 0.05) is 36.5 Å². The van der Waals surface area contributed by atoms with Gasteiger partial charge in [-0.3, -0.25) is 29.6 Å². The molecule has 0 radical (unpaired) electrons. The molecule has 184 valence electrons. The number of carbonyl (C=O) groups excluding carboxylic acids is 3. The number of pyridine rings is 1. The number of hydrogen-bond donors (Lipinski definition) is 2. The molecule has 5 rings (SSSR count). The summed E-state index contributed by atoms with van der Waals surface area (Å²) in [6.45, 7) is 6.40. The van der Waals surface area contributed by atoms with Gasteiger partial charge in [-0.2, -0.15) is 0 Å². The Labute approximate surface area is 209 Å². The van der Waals surface area contributed by atoms with Crippen molar-refractivity contribution in [1.29, 1.82) is 0 Å². The smallest absolute Gasteiger partial charge is 0.256 e. The Bertz CT molecular complexity index is 1200. The van der Waals surface area contributed by atoms with Gasteiger partial charge in [-0.05, 0) is 42.7 Å². The quantitative estimate of drug-likeness (QED) is 0.631. The van der Waals surface area contributed by atoms with Gasteiger partial charge in [0.25, 0.3) is 5.91 Å². The number of fused-ring (bicyclic) bond motifs is 1. The molecule has 2 N–H and O–H groups in total. The molecule has 0 spiro atoms. The number of nitrogens with one attached hydrogen (secondary N) is 1. The fraction of sp³-hybridized carbons (Fsp3) is 0.462. The summed E-state index contributed by atoms with van der Waals surface area (Å²) >= 11 is 6.01. The summed E-state index contributed by atoms with van der Waals surface area (Å²) in [5, 5.41) is 14.9. The van der Waals surface area contributed by atoms with Crippen molar-refractivity contribution < 1.29 is 19.5 Å². The van der Waals surface area contributed by atoms with E-state index < -0.39 is 23.0 Å². The number of rotatable bonds is 4. The fourth-order valence-electron chi connectivity index (χ4n) is 5.55. The maximum absolute atomic E-state index is 13.0. The molecule has 2 atom stereocenters. The van der Waals surface area contributed by atoms with Crippen LogP contribution >= 0.6 is 11.6 Å². The maximum Gasteiger partial charge on any atom is 0.256 e. The first-order valence-corrected chi connectivity index (χ1v) is 12.3. The van der Waals surface area contributed by atoms with Crippen LogP contribution in [0.3, 0.4) is 0 Å². The molecule has 3 amide bonds. The minimum absolute atomic E-state index is 0.188. The SMILES string of the molecule is CC1(C)CN(Cc2ccc(Cl)cc2)CC[C@@]1(O)c1ccc2c(n1)CN(C1CCC(=O)NC1=O)C2=O. The third-order valence-corrected chi connectivity index (χ3v) is 7.90. The molecule has 1 aromatic heterocycles. The third kappa shape index (κ3) is 4.24. The second-order valence-electron chi connectivity index (χ2n) is 10.4. The summed E-state index contributed by atoms with van der Waals surface area (Å²) in [7, 11) is 0. The third-order valence-electron chi connectivity index (χ3n) is 7.64. The lowest BCUT2D eigenvalue weighted by molar-refractivity contribution is -0.137. The Morgan fingerprint density at radius 2 is 1.89 bits per heavy atom. The van der Waals surface area contributed by atoms with Gasteiger partial charge >= 0.3 is 0 Å². The first kappa shape index (κ1) is 23.9. The lowest BCUT2D eigenvalue weighted by atomic mass is 9.68. The second-order valence-corrected chi connectivity index (χ2v) is 10.9. The van der Waals surface area contributed by atoms with Crippen LogP contribution < -0.4 is 5.32 Å². The number of amides is 3. The summed E-state index contributed by atoms with van der Waals surface area (Å²) in [4.78, 5) is 45.4. The Morgan fingerprint density at radius 1 is 1.14 bits per heavy atom. The van der Waals surface area contributed by atoms with E-state index in [4.69, 9.17) is 16.6 Å². The Balaban J connectivity index is 1.34. The van der Waals surface area contributed by atoms with Crippen LogP contribution in [0.4, 0.5) is 0 Å². The number of aromatic nitrogens is 1. The first-order valence-electron chi connectivity index (χ1n) is 11.9. The van der Waals surface area contributed by atoms with Crippen molar-refractivity contribution in [2.24, 2.45) is 5.41 Å². The molecule has 0 bridgehead atoms. The van der Waals surface area contributed by atoms with Crippen LogP contribution in [0.1, 0.15) is 60.4 Å². The van der Waals surface area contributed by atoms with E-state index in [1.807, 2.05) is 38.1 Å². The topological polar surface area (TPSA) is 103 Å². The average Bonchev–Trinajstić information content (AvgIpc) is 3.13. The Kier molecular flexibility index (Phi) is 5.94. The molecule has 0 saturated carbocycles. The number of aliphatic hydroxyl groups is 1. The largest absolute Gasteiger partial charge is 0.383 e. The van der Waals surface area contributed by atoms with Crippen molar-refractivity contribution in [1.82, 2.24) is 20.1 Å². The highest BCUT2D eigenvalue weighted by Crippen LogP contribution is 2.46. The Hall–Kier alpha value is -2.81. The zero-order valence-corrected chi connectivity index (χ0v) is 20.6. The van der Waals surface area contributed by atoms with Crippen LogP contribution in [0.25, 0.3) is 0 Å². The number of benzene rings is 1. The van der Waals surface area contributed by atoms with E-state index in [0.717, 1.165) is 6.54 Å². The highest BCUT2D eigenvalue weighted by molar-refractivity contribution is 6.30. The van der Waals surface area contributed by atoms with E-state index in [2.05, 4.69) is 10.2 Å². The van der Waals surface area contributed by atoms with Gasteiger partial charge in [0.15, 0.2) is 0 Å². The summed E-state index contributed by atoms with van der Waals surface area (Å²) < 4.78 is 0. The van der Waals surface area contributed by atoms with Crippen LogP contribution in [0.5, 0.6) is 0 Å². The molecule has 1 aromatic carbocycles. The number of hydrogen-bond acceptors (Lipinski definition) is 6. The van der Waals surface area contributed by atoms with E-state index >= 15 is 0 Å². The number of halogens is 1. The molecule has 3 aliphatic rings. The van der Waals surface area contributed by atoms with Crippen LogP contribution in [0.15, 0.2) is 36.4 Å². The monoisotopic (exact) mass is 496 g/mol. The summed E-state index contributed by atoms with van der Waals surface area (Å²) in [6, 6.07) is 10.6. The first-order chi connectivity index (χ1) is 16.6. The number of nitrogens with zero attached hydrogens (tertiary/aromatic N) is 3. The molecule has 4 heterocycles. The minimum atomic E-state index is -1.16. The molecule has 35 heavy (non-hydrogen) atoms. The maximum atomic E-state index is 13.0. The lowest BCUT2D eigenvalue weighted by Gasteiger charge is -2.50. The molecular weight excluding hydrogens is 468 g/mol. The van der Waals surface area contributed by atoms with Gasteiger partial charge in [-0.25, -0.2) is 0 Å². The lowest BCUT2D eigenvalue weighted by Crippen LogP contribution is -2.55. The molecular formula is C26H29ClN4O4. The van der Waals surface area contributed by atoms with E-state index in [0.29, 0.717) is 47.9 Å². The number of piperidine rings is 2. The van der Waals surface area contributed by atoms with Gasteiger partial charge in [0.2, 0.25) is 11.8 Å². The average molecular weight is 497 g/mol. The number of carbonyl (C=O) groups is 3. The van der Waals surface area contributed by atoms with Crippen molar-refractivity contribution >= 4 is 29.3 Å². The van der Waals surface area contributed by atoms with Gasteiger partial charge in [0.1, 0.15) is 11.6 Å². The van der Waals surface area contributed by atoms with Crippen molar-refractivity contribution in [3.05, 3.63) is 63.9 Å². The van der Waals surface area contributed by atoms with E-state index in [9.17, 15) is 19.5 Å². The zero-order valence-electron chi connectivity index (χ0n) is 19.9. The van der Waals surface area contributed by atoms with Crippen LogP contribution in [0.2, 0.25) is 5.02 Å². The van der Waals surface area contributed by atoms with Crippen molar-refractivity contribution in [3.63, 3.8) is 0 Å². The van der Waals surface area contributed by atoms with Crippen LogP contribution in [-0.4, -0.2) is 56.7 Å². The standard InChI is InChI=1S/C26H29ClN4O4/c1-25(2)15-30(13-16-3-5-17(27)6-4-16)12-11-26(25,35)21-9-7-18-19(28-21)14-31(24(18)34)20-8-10-22(32)29-23(20)33/h3-7,9,20,35H,8,10-15H2,1-2H3,(H,29,32,33)/t20?,26-/m1/s1. The van der Waals surface area contributed by atoms with Crippen molar-refractivity contribution in [2.75, 3.05) is 13.1 Å². The van der Waals surface area contributed by atoms with Crippen LogP contribution in [-0.2, 0) is 28.3 Å². The zero-order chi connectivity index (χ0) is 25.0. The predicted octanol–water partition coefficient (Wildman–Crippen LogP) is 2.62. The van der Waals surface area contributed by atoms with E-state index in [1.54, 1.807) is 12.1 Å². The van der Waals surface area contributed by atoms with Crippen molar-refractivity contribution in [2.45, 2.75) is 57.8 Å². The highest BCUT2D eigenvalue weighted by atomic mass is 35.5. The molecule has 1 unspecified atom stereocenters. The predicted molar refractivity (Wildman–Crippen MR) is 129 cm³/mol. The fourth-order valence-corrected chi connectivity index (χ4v) is 5.68. The molecule has 9 heteroatoms. The van der Waals surface area contributed by atoms with Crippen molar-refractivity contribution in [3.8, 4) is 0 Å². The molecule has 0 aliphatic carbocycles. The molecule has 2 saturated heterocycles.